The number of anilines is 1. The molecule has 1 aromatic heterocycles. The number of rotatable bonds is 3. The molecule has 1 saturated heterocycles. The molecule has 6 heteroatoms. The van der Waals surface area contributed by atoms with Crippen LogP contribution in [0.25, 0.3) is 10.9 Å². The zero-order valence-corrected chi connectivity index (χ0v) is 15.0. The fraction of sp³-hybridized carbons (Fsp3) is 0.238. The van der Waals surface area contributed by atoms with Crippen LogP contribution in [0.15, 0.2) is 65.5 Å². The fourth-order valence-corrected chi connectivity index (χ4v) is 3.38. The highest BCUT2D eigenvalue weighted by Crippen LogP contribution is 2.13. The number of carbonyl (C=O) groups excluding carboxylic acids is 1. The summed E-state index contributed by atoms with van der Waals surface area (Å²) in [5.41, 5.74) is 2.37. The van der Waals surface area contributed by atoms with Gasteiger partial charge in [-0.1, -0.05) is 36.4 Å². The molecule has 0 radical (unpaired) electrons. The van der Waals surface area contributed by atoms with Crippen molar-refractivity contribution in [1.82, 2.24) is 14.8 Å². The minimum atomic E-state index is -0.0793. The number of nitrogens with one attached hydrogen (secondary N) is 2. The van der Waals surface area contributed by atoms with Crippen molar-refractivity contribution in [3.63, 3.8) is 0 Å². The second-order valence-corrected chi connectivity index (χ2v) is 6.77. The lowest BCUT2D eigenvalue weighted by Crippen LogP contribution is -2.49. The Bertz CT molecular complexity index is 992. The SMILES string of the molecule is O=C(Nc1ccccc1)N1CCN(Cc2cc3ccccc3[nH]c2=O)CC1. The van der Waals surface area contributed by atoms with Gasteiger partial charge in [-0.2, -0.15) is 0 Å². The Morgan fingerprint density at radius 1 is 0.963 bits per heavy atom. The molecule has 4 rings (SSSR count). The molecule has 0 unspecified atom stereocenters. The van der Waals surface area contributed by atoms with Crippen LogP contribution in [0.1, 0.15) is 5.56 Å². The summed E-state index contributed by atoms with van der Waals surface area (Å²) in [6.07, 6.45) is 0. The van der Waals surface area contributed by atoms with Gasteiger partial charge >= 0.3 is 6.03 Å². The van der Waals surface area contributed by atoms with Gasteiger partial charge in [-0.05, 0) is 29.7 Å². The zero-order chi connectivity index (χ0) is 18.6. The monoisotopic (exact) mass is 362 g/mol. The normalized spacial score (nSPS) is 15.0. The quantitative estimate of drug-likeness (QED) is 0.753. The molecule has 0 bridgehead atoms. The van der Waals surface area contributed by atoms with Crippen LogP contribution in [0.5, 0.6) is 0 Å². The van der Waals surface area contributed by atoms with E-state index in [0.717, 1.165) is 35.2 Å². The Hall–Kier alpha value is -3.12. The summed E-state index contributed by atoms with van der Waals surface area (Å²) in [5.74, 6) is 0. The third-order valence-electron chi connectivity index (χ3n) is 4.91. The summed E-state index contributed by atoms with van der Waals surface area (Å²) in [5, 5.41) is 3.95. The van der Waals surface area contributed by atoms with Crippen LogP contribution in [0.2, 0.25) is 0 Å². The Balaban J connectivity index is 1.36. The summed E-state index contributed by atoms with van der Waals surface area (Å²) < 4.78 is 0. The van der Waals surface area contributed by atoms with Gasteiger partial charge in [0.15, 0.2) is 0 Å². The average Bonchev–Trinajstić information content (AvgIpc) is 2.70. The molecule has 6 nitrogen and oxygen atoms in total. The Kier molecular flexibility index (Phi) is 4.89. The van der Waals surface area contributed by atoms with Gasteiger partial charge in [-0.15, -0.1) is 0 Å². The lowest BCUT2D eigenvalue weighted by atomic mass is 10.1. The summed E-state index contributed by atoms with van der Waals surface area (Å²) in [6, 6.07) is 19.1. The molecule has 0 saturated carbocycles. The van der Waals surface area contributed by atoms with E-state index in [-0.39, 0.29) is 11.6 Å². The van der Waals surface area contributed by atoms with Crippen molar-refractivity contribution in [2.75, 3.05) is 31.5 Å². The van der Waals surface area contributed by atoms with Crippen molar-refractivity contribution in [1.29, 1.82) is 0 Å². The molecule has 27 heavy (non-hydrogen) atoms. The van der Waals surface area contributed by atoms with E-state index in [4.69, 9.17) is 0 Å². The lowest BCUT2D eigenvalue weighted by molar-refractivity contribution is 0.142. The zero-order valence-electron chi connectivity index (χ0n) is 15.0. The molecule has 0 spiro atoms. The van der Waals surface area contributed by atoms with Crippen molar-refractivity contribution in [2.45, 2.75) is 6.54 Å². The number of hydrogen-bond donors (Lipinski definition) is 2. The first-order valence-electron chi connectivity index (χ1n) is 9.13. The van der Waals surface area contributed by atoms with E-state index in [1.54, 1.807) is 0 Å². The summed E-state index contributed by atoms with van der Waals surface area (Å²) in [7, 11) is 0. The fourth-order valence-electron chi connectivity index (χ4n) is 3.38. The molecule has 2 N–H and O–H groups in total. The third kappa shape index (κ3) is 4.01. The number of urea groups is 1. The number of piperazine rings is 1. The molecule has 3 aromatic rings. The van der Waals surface area contributed by atoms with Crippen LogP contribution in [0, 0.1) is 0 Å². The van der Waals surface area contributed by atoms with Crippen LogP contribution in [0.4, 0.5) is 10.5 Å². The van der Waals surface area contributed by atoms with E-state index in [9.17, 15) is 9.59 Å². The average molecular weight is 362 g/mol. The number of H-pyrrole nitrogens is 1. The van der Waals surface area contributed by atoms with Gasteiger partial charge in [0.05, 0.1) is 0 Å². The minimum absolute atomic E-state index is 0.0436. The molecule has 2 aromatic carbocycles. The van der Waals surface area contributed by atoms with Crippen molar-refractivity contribution in [3.05, 3.63) is 76.6 Å². The summed E-state index contributed by atoms with van der Waals surface area (Å²) in [6.45, 7) is 3.37. The number of aromatic nitrogens is 1. The maximum absolute atomic E-state index is 12.4. The first-order valence-corrected chi connectivity index (χ1v) is 9.13. The maximum Gasteiger partial charge on any atom is 0.321 e. The number of para-hydroxylation sites is 2. The van der Waals surface area contributed by atoms with Gasteiger partial charge in [0.2, 0.25) is 0 Å². The third-order valence-corrected chi connectivity index (χ3v) is 4.91. The summed E-state index contributed by atoms with van der Waals surface area (Å²) >= 11 is 0. The highest BCUT2D eigenvalue weighted by molar-refractivity contribution is 5.89. The Morgan fingerprint density at radius 3 is 2.44 bits per heavy atom. The van der Waals surface area contributed by atoms with Crippen molar-refractivity contribution in [2.24, 2.45) is 0 Å². The van der Waals surface area contributed by atoms with E-state index in [1.807, 2.05) is 65.6 Å². The van der Waals surface area contributed by atoms with Crippen LogP contribution >= 0.6 is 0 Å². The largest absolute Gasteiger partial charge is 0.322 e. The number of benzene rings is 2. The second kappa shape index (κ2) is 7.63. The van der Waals surface area contributed by atoms with Crippen molar-refractivity contribution in [3.8, 4) is 0 Å². The number of fused-ring (bicyclic) bond motifs is 1. The van der Waals surface area contributed by atoms with E-state index < -0.39 is 0 Å². The topological polar surface area (TPSA) is 68.4 Å². The number of carbonyl (C=O) groups is 1. The predicted molar refractivity (Wildman–Crippen MR) is 107 cm³/mol. The van der Waals surface area contributed by atoms with E-state index >= 15 is 0 Å². The number of nitrogens with zero attached hydrogens (tertiary/aromatic N) is 2. The number of hydrogen-bond acceptors (Lipinski definition) is 3. The smallest absolute Gasteiger partial charge is 0.321 e. The molecule has 0 aliphatic carbocycles. The molecule has 2 heterocycles. The lowest BCUT2D eigenvalue weighted by Gasteiger charge is -2.34. The standard InChI is InChI=1S/C21H22N4O2/c26-20-17(14-16-6-4-5-9-19(16)23-20)15-24-10-12-25(13-11-24)21(27)22-18-7-2-1-3-8-18/h1-9,14H,10-13,15H2,(H,22,27)(H,23,26). The van der Waals surface area contributed by atoms with Gasteiger partial charge in [0.1, 0.15) is 0 Å². The minimum Gasteiger partial charge on any atom is -0.322 e. The summed E-state index contributed by atoms with van der Waals surface area (Å²) in [4.78, 5) is 31.7. The maximum atomic E-state index is 12.4. The first kappa shape index (κ1) is 17.3. The highest BCUT2D eigenvalue weighted by Gasteiger charge is 2.21. The molecular weight excluding hydrogens is 340 g/mol. The van der Waals surface area contributed by atoms with Crippen LogP contribution in [0.3, 0.4) is 0 Å². The molecule has 2 amide bonds. The Labute approximate surface area is 157 Å². The van der Waals surface area contributed by atoms with Crippen molar-refractivity contribution >= 4 is 22.6 Å². The number of pyridine rings is 1. The molecule has 138 valence electrons. The van der Waals surface area contributed by atoms with E-state index in [2.05, 4.69) is 15.2 Å². The predicted octanol–water partition coefficient (Wildman–Crippen LogP) is 2.88. The van der Waals surface area contributed by atoms with Crippen LogP contribution < -0.4 is 10.9 Å². The van der Waals surface area contributed by atoms with Gasteiger partial charge in [0.25, 0.3) is 5.56 Å². The van der Waals surface area contributed by atoms with Crippen molar-refractivity contribution < 1.29 is 4.79 Å². The molecule has 0 atom stereocenters. The molecule has 1 fully saturated rings. The van der Waals surface area contributed by atoms with E-state index in [0.29, 0.717) is 19.6 Å². The van der Waals surface area contributed by atoms with E-state index in [1.165, 1.54) is 0 Å². The van der Waals surface area contributed by atoms with Gasteiger partial charge in [-0.25, -0.2) is 4.79 Å². The van der Waals surface area contributed by atoms with Crippen LogP contribution in [-0.4, -0.2) is 47.0 Å². The first-order chi connectivity index (χ1) is 13.2. The molecule has 1 aliphatic heterocycles. The van der Waals surface area contributed by atoms with Gasteiger partial charge in [-0.3, -0.25) is 9.69 Å². The van der Waals surface area contributed by atoms with Crippen LogP contribution in [-0.2, 0) is 6.54 Å². The molecule has 1 aliphatic rings. The Morgan fingerprint density at radius 2 is 1.67 bits per heavy atom. The number of aromatic amines is 1. The molecular formula is C21H22N4O2. The van der Waals surface area contributed by atoms with Gasteiger partial charge in [0, 0.05) is 49.5 Å². The van der Waals surface area contributed by atoms with Gasteiger partial charge < -0.3 is 15.2 Å². The highest BCUT2D eigenvalue weighted by atomic mass is 16.2. The number of amides is 2. The second-order valence-electron chi connectivity index (χ2n) is 6.77.